The molecule has 2 atom stereocenters. The molecule has 0 saturated carbocycles. The minimum atomic E-state index is -0.522. The van der Waals surface area contributed by atoms with E-state index in [-0.39, 0.29) is 6.04 Å². The van der Waals surface area contributed by atoms with Crippen LogP contribution in [0.3, 0.4) is 0 Å². The predicted octanol–water partition coefficient (Wildman–Crippen LogP) is 2.72. The summed E-state index contributed by atoms with van der Waals surface area (Å²) in [5.74, 6) is 1.35. The quantitative estimate of drug-likeness (QED) is 0.760. The fourth-order valence-corrected chi connectivity index (χ4v) is 2.42. The average Bonchev–Trinajstić information content (AvgIpc) is 2.49. The lowest BCUT2D eigenvalue weighted by molar-refractivity contribution is 0.0354. The second-order valence-corrected chi connectivity index (χ2v) is 5.84. The van der Waals surface area contributed by atoms with Gasteiger partial charge in [-0.3, -0.25) is 4.90 Å². The molecule has 0 aliphatic heterocycles. The lowest BCUT2D eigenvalue weighted by atomic mass is 10.0. The third-order valence-electron chi connectivity index (χ3n) is 3.67. The molecular weight excluding hydrogens is 266 g/mol. The third-order valence-corrected chi connectivity index (χ3v) is 3.67. The number of benzene rings is 1. The van der Waals surface area contributed by atoms with E-state index in [9.17, 15) is 5.11 Å². The predicted molar refractivity (Wildman–Crippen MR) is 85.7 cm³/mol. The summed E-state index contributed by atoms with van der Waals surface area (Å²) in [7, 11) is 3.35. The summed E-state index contributed by atoms with van der Waals surface area (Å²) in [6.07, 6.45) is -0.522. The molecule has 120 valence electrons. The summed E-state index contributed by atoms with van der Waals surface area (Å²) in [6, 6.07) is 7.64. The second kappa shape index (κ2) is 9.03. The van der Waals surface area contributed by atoms with Gasteiger partial charge in [-0.25, -0.2) is 0 Å². The van der Waals surface area contributed by atoms with Crippen LogP contribution >= 0.6 is 0 Å². The Labute approximate surface area is 128 Å². The molecule has 21 heavy (non-hydrogen) atoms. The topological polar surface area (TPSA) is 41.9 Å². The van der Waals surface area contributed by atoms with Gasteiger partial charge in [0, 0.05) is 26.2 Å². The number of nitrogens with zero attached hydrogens (tertiary/aromatic N) is 1. The summed E-state index contributed by atoms with van der Waals surface area (Å²) < 4.78 is 10.3. The lowest BCUT2D eigenvalue weighted by Crippen LogP contribution is -2.41. The maximum Gasteiger partial charge on any atom is 0.118 e. The van der Waals surface area contributed by atoms with Gasteiger partial charge in [-0.2, -0.15) is 0 Å². The molecule has 0 aromatic heterocycles. The van der Waals surface area contributed by atoms with Gasteiger partial charge in [0.1, 0.15) is 5.75 Å². The highest BCUT2D eigenvalue weighted by Gasteiger charge is 2.23. The van der Waals surface area contributed by atoms with Crippen molar-refractivity contribution in [2.45, 2.75) is 32.9 Å². The highest BCUT2D eigenvalue weighted by Crippen LogP contribution is 2.23. The molecule has 1 N–H and O–H groups in total. The summed E-state index contributed by atoms with van der Waals surface area (Å²) in [5.41, 5.74) is 0.912. The van der Waals surface area contributed by atoms with E-state index in [2.05, 4.69) is 25.7 Å². The van der Waals surface area contributed by atoms with Gasteiger partial charge in [0.2, 0.25) is 0 Å². The van der Waals surface area contributed by atoms with Crippen molar-refractivity contribution in [1.29, 1.82) is 0 Å². The van der Waals surface area contributed by atoms with Crippen LogP contribution in [0.2, 0.25) is 0 Å². The molecule has 1 rings (SSSR count). The van der Waals surface area contributed by atoms with Gasteiger partial charge >= 0.3 is 0 Å². The highest BCUT2D eigenvalue weighted by molar-refractivity contribution is 5.29. The maximum atomic E-state index is 10.6. The molecular formula is C17H29NO3. The Balaban J connectivity index is 2.76. The largest absolute Gasteiger partial charge is 0.497 e. The first kappa shape index (κ1) is 18.0. The van der Waals surface area contributed by atoms with Crippen LogP contribution in [0.25, 0.3) is 0 Å². The van der Waals surface area contributed by atoms with Gasteiger partial charge in [0.05, 0.1) is 19.8 Å². The summed E-state index contributed by atoms with van der Waals surface area (Å²) in [6.45, 7) is 8.87. The van der Waals surface area contributed by atoms with Crippen LogP contribution in [0.1, 0.15) is 32.4 Å². The molecule has 2 unspecified atom stereocenters. The molecule has 0 fully saturated rings. The minimum absolute atomic E-state index is 0.0379. The molecule has 4 heteroatoms. The number of hydrogen-bond donors (Lipinski definition) is 1. The number of hydrogen-bond acceptors (Lipinski definition) is 4. The number of rotatable bonds is 9. The molecule has 1 aromatic rings. The molecule has 4 nitrogen and oxygen atoms in total. The van der Waals surface area contributed by atoms with Crippen LogP contribution < -0.4 is 4.74 Å². The zero-order valence-corrected chi connectivity index (χ0v) is 13.9. The first-order chi connectivity index (χ1) is 9.99. The standard InChI is InChI=1S/C17H29NO3/c1-13(2)12-18(10-11-20-4)14(3)17(19)15-6-8-16(21-5)9-7-15/h6-9,13-14,17,19H,10-12H2,1-5H3. The fraction of sp³-hybridized carbons (Fsp3) is 0.647. The number of aliphatic hydroxyl groups excluding tert-OH is 1. The van der Waals surface area contributed by atoms with Crippen molar-refractivity contribution in [2.75, 3.05) is 33.9 Å². The van der Waals surface area contributed by atoms with Gasteiger partial charge in [0.15, 0.2) is 0 Å². The van der Waals surface area contributed by atoms with Crippen LogP contribution in [0, 0.1) is 5.92 Å². The molecule has 0 bridgehead atoms. The van der Waals surface area contributed by atoms with Crippen molar-refractivity contribution in [3.63, 3.8) is 0 Å². The van der Waals surface area contributed by atoms with Crippen molar-refractivity contribution < 1.29 is 14.6 Å². The Hall–Kier alpha value is -1.10. The second-order valence-electron chi connectivity index (χ2n) is 5.84. The third kappa shape index (κ3) is 5.65. The monoisotopic (exact) mass is 295 g/mol. The Kier molecular flexibility index (Phi) is 7.72. The maximum absolute atomic E-state index is 10.6. The molecule has 0 aliphatic rings. The van der Waals surface area contributed by atoms with Crippen molar-refractivity contribution >= 4 is 0 Å². The first-order valence-electron chi connectivity index (χ1n) is 7.54. The molecule has 0 spiro atoms. The Morgan fingerprint density at radius 3 is 2.19 bits per heavy atom. The lowest BCUT2D eigenvalue weighted by Gasteiger charge is -2.33. The van der Waals surface area contributed by atoms with Gasteiger partial charge in [0.25, 0.3) is 0 Å². The van der Waals surface area contributed by atoms with E-state index >= 15 is 0 Å². The highest BCUT2D eigenvalue weighted by atomic mass is 16.5. The summed E-state index contributed by atoms with van der Waals surface area (Å²) in [4.78, 5) is 2.28. The van der Waals surface area contributed by atoms with Crippen LogP contribution in [0.15, 0.2) is 24.3 Å². The van der Waals surface area contributed by atoms with E-state index in [4.69, 9.17) is 9.47 Å². The van der Waals surface area contributed by atoms with E-state index in [0.717, 1.165) is 24.4 Å². The zero-order valence-electron chi connectivity index (χ0n) is 13.9. The van der Waals surface area contributed by atoms with E-state index < -0.39 is 6.10 Å². The smallest absolute Gasteiger partial charge is 0.118 e. The van der Waals surface area contributed by atoms with Crippen molar-refractivity contribution in [3.05, 3.63) is 29.8 Å². The molecule has 0 heterocycles. The molecule has 1 aromatic carbocycles. The Bertz CT molecular complexity index is 392. The van der Waals surface area contributed by atoms with Crippen LogP contribution in [0.5, 0.6) is 5.75 Å². The summed E-state index contributed by atoms with van der Waals surface area (Å²) >= 11 is 0. The van der Waals surface area contributed by atoms with Crippen molar-refractivity contribution in [1.82, 2.24) is 4.90 Å². The van der Waals surface area contributed by atoms with Crippen LogP contribution in [-0.4, -0.2) is 50.0 Å². The van der Waals surface area contributed by atoms with E-state index in [1.165, 1.54) is 0 Å². The van der Waals surface area contributed by atoms with Crippen LogP contribution in [-0.2, 0) is 4.74 Å². The molecule has 0 amide bonds. The Morgan fingerprint density at radius 2 is 1.71 bits per heavy atom. The van der Waals surface area contributed by atoms with Gasteiger partial charge < -0.3 is 14.6 Å². The van der Waals surface area contributed by atoms with Gasteiger partial charge in [-0.1, -0.05) is 26.0 Å². The van der Waals surface area contributed by atoms with E-state index in [1.54, 1.807) is 14.2 Å². The van der Waals surface area contributed by atoms with Crippen LogP contribution in [0.4, 0.5) is 0 Å². The molecule has 0 saturated heterocycles. The fourth-order valence-electron chi connectivity index (χ4n) is 2.42. The minimum Gasteiger partial charge on any atom is -0.497 e. The van der Waals surface area contributed by atoms with Gasteiger partial charge in [-0.15, -0.1) is 0 Å². The summed E-state index contributed by atoms with van der Waals surface area (Å²) in [5, 5.41) is 10.6. The van der Waals surface area contributed by atoms with Crippen molar-refractivity contribution in [3.8, 4) is 5.75 Å². The van der Waals surface area contributed by atoms with Crippen molar-refractivity contribution in [2.24, 2.45) is 5.92 Å². The average molecular weight is 295 g/mol. The Morgan fingerprint density at radius 1 is 1.10 bits per heavy atom. The normalized spacial score (nSPS) is 14.5. The molecule has 0 aliphatic carbocycles. The van der Waals surface area contributed by atoms with Gasteiger partial charge in [-0.05, 0) is 30.5 Å². The van der Waals surface area contributed by atoms with E-state index in [0.29, 0.717) is 12.5 Å². The number of methoxy groups -OCH3 is 2. The van der Waals surface area contributed by atoms with E-state index in [1.807, 2.05) is 24.3 Å². The molecule has 0 radical (unpaired) electrons. The first-order valence-corrected chi connectivity index (χ1v) is 7.54. The SMILES string of the molecule is COCCN(CC(C)C)C(C)C(O)c1ccc(OC)cc1. The number of aliphatic hydroxyl groups is 1. The zero-order chi connectivity index (χ0) is 15.8. The number of ether oxygens (including phenoxy) is 2.